The normalized spacial score (nSPS) is 20.7. The van der Waals surface area contributed by atoms with Crippen LogP contribution in [0.15, 0.2) is 48.7 Å². The third kappa shape index (κ3) is 4.29. The number of aromatic nitrogens is 2. The first-order valence-electron chi connectivity index (χ1n) is 11.4. The zero-order valence-corrected chi connectivity index (χ0v) is 19.4. The quantitative estimate of drug-likeness (QED) is 0.521. The number of carbonyl (C=O) groups is 3. The molecule has 1 aromatic carbocycles. The van der Waals surface area contributed by atoms with E-state index in [1.807, 2.05) is 41.9 Å². The molecule has 35 heavy (non-hydrogen) atoms. The fourth-order valence-electron chi connectivity index (χ4n) is 4.66. The van der Waals surface area contributed by atoms with E-state index in [4.69, 9.17) is 4.74 Å². The minimum Gasteiger partial charge on any atom is -0.469 e. The number of hydrogen-bond acceptors (Lipinski definition) is 6. The molecule has 0 spiro atoms. The van der Waals surface area contributed by atoms with Gasteiger partial charge in [-0.05, 0) is 30.7 Å². The first kappa shape index (κ1) is 22.8. The molecule has 1 unspecified atom stereocenters. The maximum Gasteiger partial charge on any atom is 0.309 e. The summed E-state index contributed by atoms with van der Waals surface area (Å²) in [7, 11) is 3.16. The van der Waals surface area contributed by atoms with Crippen molar-refractivity contribution < 1.29 is 23.5 Å². The van der Waals surface area contributed by atoms with Crippen LogP contribution in [0.3, 0.4) is 0 Å². The van der Waals surface area contributed by atoms with Crippen molar-refractivity contribution in [2.45, 2.75) is 25.4 Å². The minimum atomic E-state index is -1.10. The second-order valence-electron chi connectivity index (χ2n) is 8.92. The number of ketones is 1. The maximum atomic E-state index is 13.3. The molecule has 9 heteroatoms. The Morgan fingerprint density at radius 2 is 1.91 bits per heavy atom. The summed E-state index contributed by atoms with van der Waals surface area (Å²) in [5.41, 5.74) is 4.11. The van der Waals surface area contributed by atoms with Crippen LogP contribution in [0.5, 0.6) is 0 Å². The van der Waals surface area contributed by atoms with Crippen molar-refractivity contribution in [1.82, 2.24) is 9.55 Å². The molecule has 2 aromatic heterocycles. The Kier molecular flexibility index (Phi) is 5.84. The van der Waals surface area contributed by atoms with Crippen molar-refractivity contribution >= 4 is 34.9 Å². The van der Waals surface area contributed by atoms with Crippen molar-refractivity contribution in [2.75, 3.05) is 17.7 Å². The SMILES string of the molecule is COC(=O)C1CC(=O)c2c(Nc3ccccc3)c(-c3ccnc(NC(=O)[C@H]4C[C@H]4F)c3)n(C)c2C1. The number of pyridine rings is 1. The van der Waals surface area contributed by atoms with Crippen LogP contribution in [-0.4, -0.2) is 40.5 Å². The first-order chi connectivity index (χ1) is 16.9. The average molecular weight is 477 g/mol. The lowest BCUT2D eigenvalue weighted by Gasteiger charge is -2.21. The van der Waals surface area contributed by atoms with Gasteiger partial charge in [0.2, 0.25) is 5.91 Å². The van der Waals surface area contributed by atoms with Crippen molar-refractivity contribution in [3.8, 4) is 11.3 Å². The lowest BCUT2D eigenvalue weighted by Crippen LogP contribution is -2.28. The van der Waals surface area contributed by atoms with Crippen LogP contribution < -0.4 is 10.6 Å². The van der Waals surface area contributed by atoms with Crippen LogP contribution in [0.4, 0.5) is 21.6 Å². The predicted octanol–water partition coefficient (Wildman–Crippen LogP) is 4.05. The van der Waals surface area contributed by atoms with E-state index in [-0.39, 0.29) is 18.6 Å². The average Bonchev–Trinajstić information content (AvgIpc) is 3.53. The minimum absolute atomic E-state index is 0.0655. The monoisotopic (exact) mass is 476 g/mol. The molecule has 3 atom stereocenters. The highest BCUT2D eigenvalue weighted by Crippen LogP contribution is 2.42. The molecule has 8 nitrogen and oxygen atoms in total. The molecule has 2 heterocycles. The Hall–Kier alpha value is -4.01. The van der Waals surface area contributed by atoms with Crippen LogP contribution in [0.2, 0.25) is 0 Å². The molecule has 1 saturated carbocycles. The molecular formula is C26H25FN4O4. The van der Waals surface area contributed by atoms with E-state index in [0.717, 1.165) is 11.4 Å². The number of fused-ring (bicyclic) bond motifs is 1. The number of alkyl halides is 1. The number of methoxy groups -OCH3 is 1. The Morgan fingerprint density at radius 1 is 1.17 bits per heavy atom. The molecule has 2 N–H and O–H groups in total. The number of ether oxygens (including phenoxy) is 1. The van der Waals surface area contributed by atoms with Gasteiger partial charge < -0.3 is 19.9 Å². The molecule has 0 aliphatic heterocycles. The summed E-state index contributed by atoms with van der Waals surface area (Å²) in [4.78, 5) is 42.0. The smallest absolute Gasteiger partial charge is 0.309 e. The van der Waals surface area contributed by atoms with Gasteiger partial charge in [0.1, 0.15) is 12.0 Å². The lowest BCUT2D eigenvalue weighted by atomic mass is 9.86. The fourth-order valence-corrected chi connectivity index (χ4v) is 4.66. The number of esters is 1. The third-order valence-electron chi connectivity index (χ3n) is 6.58. The zero-order valence-electron chi connectivity index (χ0n) is 19.4. The first-order valence-corrected chi connectivity index (χ1v) is 11.4. The van der Waals surface area contributed by atoms with E-state index in [0.29, 0.717) is 34.7 Å². The number of halogens is 1. The Balaban J connectivity index is 1.59. The topological polar surface area (TPSA) is 102 Å². The van der Waals surface area contributed by atoms with Gasteiger partial charge in [0.05, 0.1) is 35.9 Å². The number of para-hydroxylation sites is 1. The number of anilines is 3. The van der Waals surface area contributed by atoms with Crippen molar-refractivity contribution in [1.29, 1.82) is 0 Å². The van der Waals surface area contributed by atoms with Gasteiger partial charge in [0.25, 0.3) is 0 Å². The lowest BCUT2D eigenvalue weighted by molar-refractivity contribution is -0.145. The molecule has 0 radical (unpaired) electrons. The summed E-state index contributed by atoms with van der Waals surface area (Å²) >= 11 is 0. The van der Waals surface area contributed by atoms with E-state index in [9.17, 15) is 18.8 Å². The van der Waals surface area contributed by atoms with E-state index < -0.39 is 29.9 Å². The highest BCUT2D eigenvalue weighted by atomic mass is 19.1. The Morgan fingerprint density at radius 3 is 2.60 bits per heavy atom. The van der Waals surface area contributed by atoms with Crippen LogP contribution in [0, 0.1) is 11.8 Å². The molecular weight excluding hydrogens is 451 g/mol. The molecule has 180 valence electrons. The van der Waals surface area contributed by atoms with Gasteiger partial charge in [0.15, 0.2) is 5.78 Å². The van der Waals surface area contributed by atoms with Crippen molar-refractivity contribution in [3.05, 3.63) is 59.9 Å². The van der Waals surface area contributed by atoms with E-state index >= 15 is 0 Å². The van der Waals surface area contributed by atoms with E-state index in [1.165, 1.54) is 7.11 Å². The molecule has 3 aromatic rings. The molecule has 0 saturated heterocycles. The van der Waals surface area contributed by atoms with Gasteiger partial charge in [-0.1, -0.05) is 18.2 Å². The highest BCUT2D eigenvalue weighted by molar-refractivity contribution is 6.09. The zero-order chi connectivity index (χ0) is 24.7. The van der Waals surface area contributed by atoms with Crippen LogP contribution >= 0.6 is 0 Å². The summed E-state index contributed by atoms with van der Waals surface area (Å²) in [5, 5.41) is 6.07. The summed E-state index contributed by atoms with van der Waals surface area (Å²) in [6.07, 6.45) is 1.11. The van der Waals surface area contributed by atoms with Gasteiger partial charge in [0, 0.05) is 43.0 Å². The second kappa shape index (κ2) is 8.98. The van der Waals surface area contributed by atoms with Crippen LogP contribution in [-0.2, 0) is 27.8 Å². The third-order valence-corrected chi connectivity index (χ3v) is 6.58. The largest absolute Gasteiger partial charge is 0.469 e. The number of benzene rings is 1. The molecule has 5 rings (SSSR count). The van der Waals surface area contributed by atoms with Crippen molar-refractivity contribution in [3.63, 3.8) is 0 Å². The van der Waals surface area contributed by atoms with Gasteiger partial charge in [-0.3, -0.25) is 14.4 Å². The van der Waals surface area contributed by atoms with Gasteiger partial charge >= 0.3 is 5.97 Å². The maximum absolute atomic E-state index is 13.3. The van der Waals surface area contributed by atoms with Gasteiger partial charge in [-0.15, -0.1) is 0 Å². The number of carbonyl (C=O) groups excluding carboxylic acids is 3. The summed E-state index contributed by atoms with van der Waals surface area (Å²) in [5.74, 6) is -1.84. The number of Topliss-reactive ketones (excluding diaryl/α,β-unsaturated/α-hetero) is 1. The summed E-state index contributed by atoms with van der Waals surface area (Å²) in [6.45, 7) is 0. The number of amides is 1. The Labute approximate surface area is 201 Å². The fraction of sp³-hybridized carbons (Fsp3) is 0.308. The van der Waals surface area contributed by atoms with E-state index in [1.54, 1.807) is 18.3 Å². The van der Waals surface area contributed by atoms with Crippen molar-refractivity contribution in [2.24, 2.45) is 18.9 Å². The van der Waals surface area contributed by atoms with E-state index in [2.05, 4.69) is 15.6 Å². The molecule has 1 fully saturated rings. The second-order valence-corrected chi connectivity index (χ2v) is 8.92. The number of hydrogen-bond donors (Lipinski definition) is 2. The molecule has 2 aliphatic rings. The van der Waals surface area contributed by atoms with Gasteiger partial charge in [-0.25, -0.2) is 9.37 Å². The molecule has 2 aliphatic carbocycles. The predicted molar refractivity (Wildman–Crippen MR) is 128 cm³/mol. The summed E-state index contributed by atoms with van der Waals surface area (Å²) < 4.78 is 20.1. The number of nitrogens with zero attached hydrogens (tertiary/aromatic N) is 2. The summed E-state index contributed by atoms with van der Waals surface area (Å²) in [6, 6.07) is 13.0. The standard InChI is InChI=1S/C26H25FN4O4/c1-31-19-10-15(26(34)35-2)11-20(32)22(19)23(29-16-6-4-3-5-7-16)24(31)14-8-9-28-21(12-14)30-25(33)17-13-18(17)27/h3-9,12,15,17-18,29H,10-11,13H2,1-2H3,(H,28,30,33)/t15?,17-,18+/m0/s1. The van der Waals surface area contributed by atoms with Crippen LogP contribution in [0.25, 0.3) is 11.3 Å². The number of nitrogens with one attached hydrogen (secondary N) is 2. The van der Waals surface area contributed by atoms with Crippen LogP contribution in [0.1, 0.15) is 28.9 Å². The van der Waals surface area contributed by atoms with Gasteiger partial charge in [-0.2, -0.15) is 0 Å². The molecule has 1 amide bonds. The Bertz CT molecular complexity index is 1320. The number of rotatable bonds is 6. The molecule has 0 bridgehead atoms. The highest BCUT2D eigenvalue weighted by Gasteiger charge is 2.44.